The Morgan fingerprint density at radius 1 is 1.12 bits per heavy atom. The molecule has 2 aliphatic heterocycles. The molecule has 0 bridgehead atoms. The number of aryl methyl sites for hydroxylation is 1. The standard InChI is InChI=1S/C18H25N3O3S2/c22-17(20-18-19-11-14-25-18)10-7-15-5-8-16(9-6-15)26(23,24)21-12-3-1-2-4-13-21/h5-6,8-9H,1-4,7,10-14H2,(H,19,20,22). The van der Waals surface area contributed by atoms with E-state index in [1.54, 1.807) is 40.3 Å². The smallest absolute Gasteiger partial charge is 0.243 e. The van der Waals surface area contributed by atoms with Crippen LogP contribution in [0.15, 0.2) is 34.2 Å². The van der Waals surface area contributed by atoms with E-state index in [9.17, 15) is 13.2 Å². The van der Waals surface area contributed by atoms with Crippen molar-refractivity contribution in [2.24, 2.45) is 4.99 Å². The fraction of sp³-hybridized carbons (Fsp3) is 0.556. The zero-order chi connectivity index (χ0) is 18.4. The van der Waals surface area contributed by atoms with Gasteiger partial charge < -0.3 is 5.32 Å². The molecule has 2 aliphatic rings. The monoisotopic (exact) mass is 395 g/mol. The normalized spacial score (nSPS) is 19.0. The summed E-state index contributed by atoms with van der Waals surface area (Å²) in [6.45, 7) is 1.96. The lowest BCUT2D eigenvalue weighted by Gasteiger charge is -2.20. The molecule has 0 unspecified atom stereocenters. The maximum atomic E-state index is 12.8. The van der Waals surface area contributed by atoms with Crippen LogP contribution in [0.1, 0.15) is 37.7 Å². The molecule has 1 saturated heterocycles. The number of benzene rings is 1. The van der Waals surface area contributed by atoms with E-state index >= 15 is 0 Å². The first-order valence-corrected chi connectivity index (χ1v) is 11.5. The molecular weight excluding hydrogens is 370 g/mol. The number of rotatable bonds is 5. The fourth-order valence-corrected chi connectivity index (χ4v) is 5.37. The molecular formula is C18H25N3O3S2. The minimum Gasteiger partial charge on any atom is -0.305 e. The summed E-state index contributed by atoms with van der Waals surface area (Å²) in [6, 6.07) is 6.92. The van der Waals surface area contributed by atoms with E-state index < -0.39 is 10.0 Å². The van der Waals surface area contributed by atoms with E-state index in [1.165, 1.54) is 0 Å². The molecule has 0 aromatic heterocycles. The Morgan fingerprint density at radius 2 is 1.81 bits per heavy atom. The number of nitrogens with zero attached hydrogens (tertiary/aromatic N) is 2. The molecule has 0 atom stereocenters. The van der Waals surface area contributed by atoms with Crippen LogP contribution in [0.3, 0.4) is 0 Å². The Hall–Kier alpha value is -1.38. The van der Waals surface area contributed by atoms with Gasteiger partial charge in [-0.05, 0) is 37.0 Å². The predicted octanol–water partition coefficient (Wildman–Crippen LogP) is 2.40. The van der Waals surface area contributed by atoms with Gasteiger partial charge in [-0.25, -0.2) is 8.42 Å². The molecule has 142 valence electrons. The van der Waals surface area contributed by atoms with Gasteiger partial charge in [0.15, 0.2) is 5.17 Å². The van der Waals surface area contributed by atoms with Crippen LogP contribution in [-0.4, -0.2) is 49.2 Å². The Kier molecular flexibility index (Phi) is 6.72. The van der Waals surface area contributed by atoms with Gasteiger partial charge in [0.1, 0.15) is 0 Å². The van der Waals surface area contributed by atoms with Crippen LogP contribution in [-0.2, 0) is 21.2 Å². The Labute approximate surface area is 159 Å². The third-order valence-corrected chi connectivity index (χ3v) is 7.40. The number of hydrogen-bond acceptors (Lipinski definition) is 5. The summed E-state index contributed by atoms with van der Waals surface area (Å²) in [7, 11) is -3.41. The van der Waals surface area contributed by atoms with Gasteiger partial charge in [0, 0.05) is 25.3 Å². The van der Waals surface area contributed by atoms with E-state index in [0.29, 0.717) is 36.0 Å². The van der Waals surface area contributed by atoms with Crippen LogP contribution >= 0.6 is 11.8 Å². The average Bonchev–Trinajstić information content (AvgIpc) is 2.98. The van der Waals surface area contributed by atoms with Crippen molar-refractivity contribution in [3.05, 3.63) is 29.8 Å². The lowest BCUT2D eigenvalue weighted by Crippen LogP contribution is -2.31. The second-order valence-electron chi connectivity index (χ2n) is 6.55. The molecule has 3 rings (SSSR count). The highest BCUT2D eigenvalue weighted by Gasteiger charge is 2.24. The highest BCUT2D eigenvalue weighted by Crippen LogP contribution is 2.21. The lowest BCUT2D eigenvalue weighted by atomic mass is 10.1. The molecule has 1 fully saturated rings. The molecule has 0 aliphatic carbocycles. The minimum absolute atomic E-state index is 0.0561. The van der Waals surface area contributed by atoms with E-state index in [-0.39, 0.29) is 5.91 Å². The number of carbonyl (C=O) groups is 1. The summed E-state index contributed by atoms with van der Waals surface area (Å²) in [6.07, 6.45) is 4.98. The second-order valence-corrected chi connectivity index (χ2v) is 9.57. The van der Waals surface area contributed by atoms with Gasteiger partial charge in [0.05, 0.1) is 11.4 Å². The van der Waals surface area contributed by atoms with Crippen molar-refractivity contribution >= 4 is 32.9 Å². The number of aliphatic imine (C=N–C) groups is 1. The van der Waals surface area contributed by atoms with Crippen LogP contribution < -0.4 is 5.32 Å². The largest absolute Gasteiger partial charge is 0.305 e. The van der Waals surface area contributed by atoms with Gasteiger partial charge >= 0.3 is 0 Å². The molecule has 0 spiro atoms. The van der Waals surface area contributed by atoms with E-state index in [2.05, 4.69) is 10.3 Å². The number of nitrogens with one attached hydrogen (secondary N) is 1. The molecule has 0 radical (unpaired) electrons. The number of carbonyl (C=O) groups excluding carboxylic acids is 1. The maximum absolute atomic E-state index is 12.8. The molecule has 26 heavy (non-hydrogen) atoms. The van der Waals surface area contributed by atoms with Crippen LogP contribution in [0.25, 0.3) is 0 Å². The third kappa shape index (κ3) is 5.08. The molecule has 1 aromatic carbocycles. The quantitative estimate of drug-likeness (QED) is 0.830. The summed E-state index contributed by atoms with van der Waals surface area (Å²) < 4.78 is 27.1. The number of thioether (sulfide) groups is 1. The molecule has 1 aromatic rings. The second kappa shape index (κ2) is 9.01. The summed E-state index contributed by atoms with van der Waals surface area (Å²) >= 11 is 1.56. The van der Waals surface area contributed by atoms with Crippen molar-refractivity contribution < 1.29 is 13.2 Å². The van der Waals surface area contributed by atoms with Crippen LogP contribution in [0.2, 0.25) is 0 Å². The van der Waals surface area contributed by atoms with Gasteiger partial charge in [-0.2, -0.15) is 4.31 Å². The van der Waals surface area contributed by atoms with Gasteiger partial charge in [-0.1, -0.05) is 36.7 Å². The number of amides is 1. The Morgan fingerprint density at radius 3 is 2.42 bits per heavy atom. The van der Waals surface area contributed by atoms with Gasteiger partial charge in [0.25, 0.3) is 0 Å². The highest BCUT2D eigenvalue weighted by molar-refractivity contribution is 8.14. The topological polar surface area (TPSA) is 78.8 Å². The molecule has 0 saturated carbocycles. The SMILES string of the molecule is O=C(CCc1ccc(S(=O)(=O)N2CCCCCC2)cc1)NC1=NCCS1. The number of sulfonamides is 1. The van der Waals surface area contributed by atoms with Crippen LogP contribution in [0, 0.1) is 0 Å². The average molecular weight is 396 g/mol. The number of amidine groups is 1. The van der Waals surface area contributed by atoms with Crippen molar-refractivity contribution in [1.29, 1.82) is 0 Å². The Bertz CT molecular complexity index is 752. The molecule has 1 N–H and O–H groups in total. The van der Waals surface area contributed by atoms with Gasteiger partial charge in [0.2, 0.25) is 15.9 Å². The molecule has 6 nitrogen and oxygen atoms in total. The van der Waals surface area contributed by atoms with E-state index in [1.807, 2.05) is 0 Å². The summed E-state index contributed by atoms with van der Waals surface area (Å²) in [4.78, 5) is 16.5. The predicted molar refractivity (Wildman–Crippen MR) is 105 cm³/mol. The maximum Gasteiger partial charge on any atom is 0.243 e. The first kappa shape index (κ1) is 19.4. The minimum atomic E-state index is -3.41. The van der Waals surface area contributed by atoms with E-state index in [0.717, 1.165) is 43.5 Å². The first-order valence-electron chi connectivity index (χ1n) is 9.12. The van der Waals surface area contributed by atoms with Gasteiger partial charge in [-0.15, -0.1) is 0 Å². The lowest BCUT2D eigenvalue weighted by molar-refractivity contribution is -0.119. The Balaban J connectivity index is 1.56. The summed E-state index contributed by atoms with van der Waals surface area (Å²) in [5.41, 5.74) is 0.955. The molecule has 8 heteroatoms. The summed E-state index contributed by atoms with van der Waals surface area (Å²) in [5, 5.41) is 3.51. The van der Waals surface area contributed by atoms with Crippen molar-refractivity contribution in [3.8, 4) is 0 Å². The van der Waals surface area contributed by atoms with Crippen molar-refractivity contribution in [1.82, 2.24) is 9.62 Å². The molecule has 1 amide bonds. The summed E-state index contributed by atoms with van der Waals surface area (Å²) in [5.74, 6) is 0.863. The third-order valence-electron chi connectivity index (χ3n) is 4.60. The zero-order valence-corrected chi connectivity index (χ0v) is 16.4. The van der Waals surface area contributed by atoms with E-state index in [4.69, 9.17) is 0 Å². The first-order chi connectivity index (χ1) is 12.6. The van der Waals surface area contributed by atoms with Crippen molar-refractivity contribution in [2.45, 2.75) is 43.4 Å². The fourth-order valence-electron chi connectivity index (χ4n) is 3.11. The van der Waals surface area contributed by atoms with Crippen LogP contribution in [0.4, 0.5) is 0 Å². The highest BCUT2D eigenvalue weighted by atomic mass is 32.2. The zero-order valence-electron chi connectivity index (χ0n) is 14.8. The van der Waals surface area contributed by atoms with Gasteiger partial charge in [-0.3, -0.25) is 9.79 Å². The van der Waals surface area contributed by atoms with Crippen molar-refractivity contribution in [3.63, 3.8) is 0 Å². The number of hydrogen-bond donors (Lipinski definition) is 1. The van der Waals surface area contributed by atoms with Crippen LogP contribution in [0.5, 0.6) is 0 Å². The molecule has 2 heterocycles. The van der Waals surface area contributed by atoms with Crippen molar-refractivity contribution in [2.75, 3.05) is 25.4 Å².